The van der Waals surface area contributed by atoms with Crippen LogP contribution in [0.3, 0.4) is 0 Å². The average molecular weight is 283 g/mol. The van der Waals surface area contributed by atoms with Crippen LogP contribution in [0.4, 0.5) is 4.39 Å². The van der Waals surface area contributed by atoms with Crippen LogP contribution >= 0.6 is 0 Å². The van der Waals surface area contributed by atoms with Crippen LogP contribution in [0.5, 0.6) is 5.75 Å². The van der Waals surface area contributed by atoms with Gasteiger partial charge in [0.15, 0.2) is 0 Å². The van der Waals surface area contributed by atoms with Gasteiger partial charge in [-0.1, -0.05) is 6.92 Å². The summed E-state index contributed by atoms with van der Waals surface area (Å²) in [6.07, 6.45) is -0.799. The summed E-state index contributed by atoms with van der Waals surface area (Å²) in [6, 6.07) is 4.53. The van der Waals surface area contributed by atoms with E-state index in [1.807, 2.05) is 0 Å². The number of morpholine rings is 1. The highest BCUT2D eigenvalue weighted by Crippen LogP contribution is 2.22. The van der Waals surface area contributed by atoms with Crippen molar-refractivity contribution in [1.82, 2.24) is 4.90 Å². The van der Waals surface area contributed by atoms with Crippen LogP contribution in [0.15, 0.2) is 18.2 Å². The fraction of sp³-hybridized carbons (Fsp3) is 0.600. The molecule has 20 heavy (non-hydrogen) atoms. The maximum Gasteiger partial charge on any atom is 0.132 e. The van der Waals surface area contributed by atoms with Crippen LogP contribution < -0.4 is 4.74 Å². The van der Waals surface area contributed by atoms with Gasteiger partial charge in [0.05, 0.1) is 12.7 Å². The standard InChI is InChI=1S/C15H22FNO3/c1-3-17-6-7-19-13(9-17)10-20-12-4-5-14(11(2)18)15(16)8-12/h4-5,8,11,13,18H,3,6-7,9-10H2,1-2H3/t11-,13?/m0/s1. The summed E-state index contributed by atoms with van der Waals surface area (Å²) in [4.78, 5) is 2.30. The summed E-state index contributed by atoms with van der Waals surface area (Å²) in [5.74, 6) is 0.0152. The maximum atomic E-state index is 13.7. The molecule has 0 amide bonds. The van der Waals surface area contributed by atoms with Gasteiger partial charge < -0.3 is 14.6 Å². The summed E-state index contributed by atoms with van der Waals surface area (Å²) >= 11 is 0. The van der Waals surface area contributed by atoms with Gasteiger partial charge in [-0.2, -0.15) is 0 Å². The Balaban J connectivity index is 1.89. The third kappa shape index (κ3) is 3.91. The largest absolute Gasteiger partial charge is 0.491 e. The van der Waals surface area contributed by atoms with E-state index in [-0.39, 0.29) is 11.7 Å². The summed E-state index contributed by atoms with van der Waals surface area (Å²) in [5, 5.41) is 9.38. The van der Waals surface area contributed by atoms with Crippen molar-refractivity contribution in [3.05, 3.63) is 29.6 Å². The third-order valence-electron chi connectivity index (χ3n) is 3.53. The van der Waals surface area contributed by atoms with Crippen molar-refractivity contribution in [3.63, 3.8) is 0 Å². The lowest BCUT2D eigenvalue weighted by atomic mass is 10.1. The van der Waals surface area contributed by atoms with Crippen LogP contribution in [0.1, 0.15) is 25.5 Å². The normalized spacial score (nSPS) is 21.7. The Bertz CT molecular complexity index is 439. The van der Waals surface area contributed by atoms with Crippen LogP contribution in [-0.2, 0) is 4.74 Å². The molecule has 1 N–H and O–H groups in total. The van der Waals surface area contributed by atoms with Crippen LogP contribution in [-0.4, -0.2) is 49.0 Å². The molecule has 1 aliphatic rings. The van der Waals surface area contributed by atoms with Crippen LogP contribution in [0.25, 0.3) is 0 Å². The molecule has 0 aromatic heterocycles. The zero-order valence-corrected chi connectivity index (χ0v) is 12.0. The van der Waals surface area contributed by atoms with E-state index in [9.17, 15) is 9.50 Å². The smallest absolute Gasteiger partial charge is 0.132 e. The number of aliphatic hydroxyl groups excluding tert-OH is 1. The summed E-state index contributed by atoms with van der Waals surface area (Å²) in [5.41, 5.74) is 0.281. The second-order valence-corrected chi connectivity index (χ2v) is 5.06. The van der Waals surface area contributed by atoms with Gasteiger partial charge in [-0.3, -0.25) is 4.90 Å². The lowest BCUT2D eigenvalue weighted by Gasteiger charge is -2.31. The number of benzene rings is 1. The van der Waals surface area contributed by atoms with Gasteiger partial charge in [-0.25, -0.2) is 4.39 Å². The molecule has 112 valence electrons. The lowest BCUT2D eigenvalue weighted by Crippen LogP contribution is -2.44. The van der Waals surface area contributed by atoms with E-state index in [2.05, 4.69) is 11.8 Å². The Morgan fingerprint density at radius 3 is 3.00 bits per heavy atom. The van der Waals surface area contributed by atoms with E-state index >= 15 is 0 Å². The van der Waals surface area contributed by atoms with Crippen molar-refractivity contribution in [2.45, 2.75) is 26.1 Å². The summed E-state index contributed by atoms with van der Waals surface area (Å²) in [6.45, 7) is 7.55. The number of halogens is 1. The van der Waals surface area contributed by atoms with Gasteiger partial charge in [0.25, 0.3) is 0 Å². The predicted molar refractivity (Wildman–Crippen MR) is 74.4 cm³/mol. The fourth-order valence-electron chi connectivity index (χ4n) is 2.29. The Morgan fingerprint density at radius 2 is 2.35 bits per heavy atom. The quantitative estimate of drug-likeness (QED) is 0.897. The van der Waals surface area contributed by atoms with E-state index in [1.165, 1.54) is 13.0 Å². The molecule has 0 radical (unpaired) electrons. The Labute approximate surface area is 119 Å². The van der Waals surface area contributed by atoms with Gasteiger partial charge in [0, 0.05) is 24.7 Å². The monoisotopic (exact) mass is 283 g/mol. The minimum atomic E-state index is -0.816. The minimum Gasteiger partial charge on any atom is -0.491 e. The lowest BCUT2D eigenvalue weighted by molar-refractivity contribution is -0.0464. The molecule has 2 rings (SSSR count). The fourth-order valence-corrected chi connectivity index (χ4v) is 2.29. The molecular formula is C15H22FNO3. The number of likely N-dealkylation sites (N-methyl/N-ethyl adjacent to an activating group) is 1. The molecule has 1 saturated heterocycles. The molecule has 0 bridgehead atoms. The van der Waals surface area contributed by atoms with Crippen molar-refractivity contribution < 1.29 is 19.0 Å². The number of ether oxygens (including phenoxy) is 2. The van der Waals surface area contributed by atoms with Crippen molar-refractivity contribution in [2.75, 3.05) is 32.8 Å². The second-order valence-electron chi connectivity index (χ2n) is 5.06. The molecule has 1 aliphatic heterocycles. The number of hydrogen-bond donors (Lipinski definition) is 1. The van der Waals surface area contributed by atoms with Crippen molar-refractivity contribution >= 4 is 0 Å². The maximum absolute atomic E-state index is 13.7. The molecule has 0 spiro atoms. The zero-order valence-electron chi connectivity index (χ0n) is 12.0. The van der Waals surface area contributed by atoms with Gasteiger partial charge in [-0.05, 0) is 25.6 Å². The highest BCUT2D eigenvalue weighted by molar-refractivity contribution is 5.30. The van der Waals surface area contributed by atoms with Gasteiger partial charge in [0.1, 0.15) is 24.3 Å². The Hall–Kier alpha value is -1.17. The SMILES string of the molecule is CCN1CCOC(COc2ccc([C@H](C)O)c(F)c2)C1. The molecule has 1 unspecified atom stereocenters. The summed E-state index contributed by atoms with van der Waals surface area (Å²) < 4.78 is 24.9. The van der Waals surface area contributed by atoms with Crippen LogP contribution in [0, 0.1) is 5.82 Å². The third-order valence-corrected chi connectivity index (χ3v) is 3.53. The minimum absolute atomic E-state index is 0.0169. The van der Waals surface area contributed by atoms with Crippen molar-refractivity contribution in [1.29, 1.82) is 0 Å². The van der Waals surface area contributed by atoms with Crippen LogP contribution in [0.2, 0.25) is 0 Å². The van der Waals surface area contributed by atoms with E-state index in [0.29, 0.717) is 19.0 Å². The first-order chi connectivity index (χ1) is 9.60. The van der Waals surface area contributed by atoms with E-state index < -0.39 is 11.9 Å². The second kappa shape index (κ2) is 7.02. The zero-order chi connectivity index (χ0) is 14.5. The van der Waals surface area contributed by atoms with E-state index in [1.54, 1.807) is 12.1 Å². The first-order valence-corrected chi connectivity index (χ1v) is 7.04. The number of nitrogens with zero attached hydrogens (tertiary/aromatic N) is 1. The first kappa shape index (κ1) is 15.2. The van der Waals surface area contributed by atoms with Gasteiger partial charge >= 0.3 is 0 Å². The highest BCUT2D eigenvalue weighted by atomic mass is 19.1. The molecular weight excluding hydrogens is 261 g/mol. The number of rotatable bonds is 5. The van der Waals surface area contributed by atoms with Gasteiger partial charge in [-0.15, -0.1) is 0 Å². The molecule has 0 aliphatic carbocycles. The Morgan fingerprint density at radius 1 is 1.55 bits per heavy atom. The first-order valence-electron chi connectivity index (χ1n) is 7.04. The van der Waals surface area contributed by atoms with E-state index in [0.717, 1.165) is 19.6 Å². The number of aliphatic hydroxyl groups is 1. The highest BCUT2D eigenvalue weighted by Gasteiger charge is 2.20. The molecule has 4 nitrogen and oxygen atoms in total. The molecule has 1 aromatic carbocycles. The summed E-state index contributed by atoms with van der Waals surface area (Å²) in [7, 11) is 0. The Kier molecular flexibility index (Phi) is 5.34. The molecule has 5 heteroatoms. The van der Waals surface area contributed by atoms with Crippen molar-refractivity contribution in [2.24, 2.45) is 0 Å². The van der Waals surface area contributed by atoms with Gasteiger partial charge in [0.2, 0.25) is 0 Å². The molecule has 0 saturated carbocycles. The predicted octanol–water partition coefficient (Wildman–Crippen LogP) is 1.98. The molecule has 1 fully saturated rings. The molecule has 1 heterocycles. The molecule has 2 atom stereocenters. The molecule has 1 aromatic rings. The number of hydrogen-bond acceptors (Lipinski definition) is 4. The average Bonchev–Trinajstić information content (AvgIpc) is 2.45. The van der Waals surface area contributed by atoms with Crippen molar-refractivity contribution in [3.8, 4) is 5.75 Å². The topological polar surface area (TPSA) is 41.9 Å². The van der Waals surface area contributed by atoms with E-state index in [4.69, 9.17) is 9.47 Å².